The zero-order valence-electron chi connectivity index (χ0n) is 15.1. The molecule has 0 bridgehead atoms. The van der Waals surface area contributed by atoms with Crippen molar-refractivity contribution in [1.29, 1.82) is 0 Å². The lowest BCUT2D eigenvalue weighted by molar-refractivity contribution is 0.203. The highest BCUT2D eigenvalue weighted by Gasteiger charge is 2.23. The minimum Gasteiger partial charge on any atom is -0.380 e. The summed E-state index contributed by atoms with van der Waals surface area (Å²) in [7, 11) is 1.82. The van der Waals surface area contributed by atoms with E-state index in [4.69, 9.17) is 0 Å². The van der Waals surface area contributed by atoms with E-state index < -0.39 is 6.10 Å². The number of rotatable bonds is 4. The van der Waals surface area contributed by atoms with E-state index in [1.165, 1.54) is 0 Å². The summed E-state index contributed by atoms with van der Waals surface area (Å²) in [5.41, 5.74) is 3.57. The van der Waals surface area contributed by atoms with Gasteiger partial charge in [0.15, 0.2) is 0 Å². The largest absolute Gasteiger partial charge is 0.380 e. The van der Waals surface area contributed by atoms with E-state index in [1.54, 1.807) is 10.9 Å². The van der Waals surface area contributed by atoms with Gasteiger partial charge in [0.2, 0.25) is 5.95 Å². The van der Waals surface area contributed by atoms with Crippen LogP contribution in [0.3, 0.4) is 0 Å². The molecule has 0 aromatic carbocycles. The van der Waals surface area contributed by atoms with Gasteiger partial charge in [0.25, 0.3) is 0 Å². The van der Waals surface area contributed by atoms with Gasteiger partial charge in [0, 0.05) is 38.7 Å². The van der Waals surface area contributed by atoms with E-state index in [-0.39, 0.29) is 0 Å². The molecule has 8 heteroatoms. The Morgan fingerprint density at radius 1 is 1.23 bits per heavy atom. The van der Waals surface area contributed by atoms with Crippen LogP contribution in [0.2, 0.25) is 0 Å². The normalized spacial score (nSPS) is 15.6. The van der Waals surface area contributed by atoms with Crippen LogP contribution in [-0.4, -0.2) is 41.2 Å². The highest BCUT2D eigenvalue weighted by molar-refractivity contribution is 5.33. The van der Waals surface area contributed by atoms with Crippen LogP contribution in [0.25, 0.3) is 0 Å². The van der Waals surface area contributed by atoms with Crippen molar-refractivity contribution in [2.45, 2.75) is 39.0 Å². The average molecular weight is 353 g/mol. The van der Waals surface area contributed by atoms with Crippen molar-refractivity contribution in [3.05, 3.63) is 53.4 Å². The number of hydrogen-bond acceptors (Lipinski definition) is 6. The second kappa shape index (κ2) is 6.87. The molecule has 0 aliphatic carbocycles. The first-order valence-electron chi connectivity index (χ1n) is 8.94. The van der Waals surface area contributed by atoms with E-state index >= 15 is 0 Å². The first-order valence-corrected chi connectivity index (χ1v) is 8.94. The summed E-state index contributed by atoms with van der Waals surface area (Å²) in [4.78, 5) is 11.2. The molecule has 0 saturated carbocycles. The Kier molecular flexibility index (Phi) is 4.42. The van der Waals surface area contributed by atoms with Crippen LogP contribution in [-0.2, 0) is 26.6 Å². The molecule has 3 aromatic rings. The molecule has 1 aliphatic rings. The van der Waals surface area contributed by atoms with Gasteiger partial charge >= 0.3 is 0 Å². The smallest absolute Gasteiger partial charge is 0.225 e. The predicted octanol–water partition coefficient (Wildman–Crippen LogP) is 1.46. The Bertz CT molecular complexity index is 883. The number of anilines is 1. The van der Waals surface area contributed by atoms with Gasteiger partial charge in [-0.2, -0.15) is 10.2 Å². The molecule has 3 aromatic heterocycles. The van der Waals surface area contributed by atoms with E-state index in [0.717, 1.165) is 48.8 Å². The number of aliphatic hydroxyl groups excluding tert-OH is 1. The first kappa shape index (κ1) is 16.7. The molecule has 1 unspecified atom stereocenters. The summed E-state index contributed by atoms with van der Waals surface area (Å²) in [6, 6.07) is 3.78. The third kappa shape index (κ3) is 3.08. The molecule has 1 N–H and O–H groups in total. The fourth-order valence-electron chi connectivity index (χ4n) is 3.29. The van der Waals surface area contributed by atoms with Gasteiger partial charge in [0.1, 0.15) is 6.10 Å². The Hall–Kier alpha value is -2.74. The van der Waals surface area contributed by atoms with Crippen molar-refractivity contribution in [3.8, 4) is 0 Å². The van der Waals surface area contributed by atoms with Gasteiger partial charge < -0.3 is 10.0 Å². The number of aliphatic hydroxyl groups is 1. The van der Waals surface area contributed by atoms with Crippen LogP contribution in [0.1, 0.15) is 42.1 Å². The summed E-state index contributed by atoms with van der Waals surface area (Å²) in [5, 5.41) is 19.4. The SMILES string of the molecule is CCc1cnc(N2CCCn3nc(C(O)c4ccnn4C)cc3C2)nc1. The van der Waals surface area contributed by atoms with Crippen molar-refractivity contribution in [2.75, 3.05) is 11.4 Å². The lowest BCUT2D eigenvalue weighted by atomic mass is 10.2. The highest BCUT2D eigenvalue weighted by atomic mass is 16.3. The Labute approximate surface area is 152 Å². The average Bonchev–Trinajstić information content (AvgIpc) is 3.22. The molecule has 0 spiro atoms. The second-order valence-corrected chi connectivity index (χ2v) is 6.59. The summed E-state index contributed by atoms with van der Waals surface area (Å²) in [5.74, 6) is 0.741. The quantitative estimate of drug-likeness (QED) is 0.764. The predicted molar refractivity (Wildman–Crippen MR) is 96.6 cm³/mol. The van der Waals surface area contributed by atoms with Crippen LogP contribution >= 0.6 is 0 Å². The second-order valence-electron chi connectivity index (χ2n) is 6.59. The fourth-order valence-corrected chi connectivity index (χ4v) is 3.29. The van der Waals surface area contributed by atoms with Gasteiger partial charge in [0.05, 0.1) is 23.6 Å². The molecule has 136 valence electrons. The van der Waals surface area contributed by atoms with E-state index in [2.05, 4.69) is 32.0 Å². The molecule has 1 aliphatic heterocycles. The fraction of sp³-hybridized carbons (Fsp3) is 0.444. The monoisotopic (exact) mass is 353 g/mol. The van der Waals surface area contributed by atoms with E-state index in [9.17, 15) is 5.11 Å². The van der Waals surface area contributed by atoms with Crippen molar-refractivity contribution in [3.63, 3.8) is 0 Å². The molecule has 0 saturated heterocycles. The summed E-state index contributed by atoms with van der Waals surface area (Å²) in [6.45, 7) is 4.47. The van der Waals surface area contributed by atoms with Crippen LogP contribution in [0.4, 0.5) is 5.95 Å². The number of aromatic nitrogens is 6. The van der Waals surface area contributed by atoms with Crippen molar-refractivity contribution >= 4 is 5.95 Å². The first-order chi connectivity index (χ1) is 12.7. The molecular weight excluding hydrogens is 330 g/mol. The van der Waals surface area contributed by atoms with Gasteiger partial charge in [-0.1, -0.05) is 6.92 Å². The van der Waals surface area contributed by atoms with Crippen LogP contribution in [0.5, 0.6) is 0 Å². The number of hydrogen-bond donors (Lipinski definition) is 1. The van der Waals surface area contributed by atoms with Gasteiger partial charge in [-0.25, -0.2) is 9.97 Å². The summed E-state index contributed by atoms with van der Waals surface area (Å²) >= 11 is 0. The zero-order valence-corrected chi connectivity index (χ0v) is 15.1. The zero-order chi connectivity index (χ0) is 18.1. The highest BCUT2D eigenvalue weighted by Crippen LogP contribution is 2.24. The lowest BCUT2D eigenvalue weighted by Gasteiger charge is -2.19. The van der Waals surface area contributed by atoms with Crippen molar-refractivity contribution in [1.82, 2.24) is 29.5 Å². The Balaban J connectivity index is 1.58. The molecule has 4 heterocycles. The summed E-state index contributed by atoms with van der Waals surface area (Å²) in [6.07, 6.45) is 6.57. The molecule has 1 atom stereocenters. The van der Waals surface area contributed by atoms with Crippen molar-refractivity contribution in [2.24, 2.45) is 7.05 Å². The standard InChI is InChI=1S/C18H23N7O/c1-3-13-10-19-18(20-11-13)24-7-4-8-25-14(12-24)9-15(22-25)17(26)16-5-6-21-23(16)2/h5-6,9-11,17,26H,3-4,7-8,12H2,1-2H3. The Morgan fingerprint density at radius 2 is 2.04 bits per heavy atom. The molecule has 26 heavy (non-hydrogen) atoms. The van der Waals surface area contributed by atoms with Crippen molar-refractivity contribution < 1.29 is 5.11 Å². The third-order valence-corrected chi connectivity index (χ3v) is 4.83. The molecule has 0 radical (unpaired) electrons. The maximum Gasteiger partial charge on any atom is 0.225 e. The molecule has 8 nitrogen and oxygen atoms in total. The van der Waals surface area contributed by atoms with Gasteiger partial charge in [-0.05, 0) is 30.5 Å². The topological polar surface area (TPSA) is 84.9 Å². The lowest BCUT2D eigenvalue weighted by Crippen LogP contribution is -2.24. The van der Waals surface area contributed by atoms with Gasteiger partial charge in [-0.15, -0.1) is 0 Å². The molecule has 4 rings (SSSR count). The van der Waals surface area contributed by atoms with E-state index in [0.29, 0.717) is 12.2 Å². The minimum absolute atomic E-state index is 0.646. The van der Waals surface area contributed by atoms with E-state index in [1.807, 2.05) is 36.3 Å². The summed E-state index contributed by atoms with van der Waals surface area (Å²) < 4.78 is 3.65. The molecular formula is C18H23N7O. The maximum atomic E-state index is 10.6. The number of fused-ring (bicyclic) bond motifs is 1. The van der Waals surface area contributed by atoms with Gasteiger partial charge in [-0.3, -0.25) is 9.36 Å². The third-order valence-electron chi connectivity index (χ3n) is 4.83. The number of aryl methyl sites for hydroxylation is 3. The number of nitrogens with zero attached hydrogens (tertiary/aromatic N) is 7. The minimum atomic E-state index is -0.782. The van der Waals surface area contributed by atoms with Crippen LogP contribution in [0, 0.1) is 0 Å². The maximum absolute atomic E-state index is 10.6. The molecule has 0 amide bonds. The van der Waals surface area contributed by atoms with Crippen LogP contribution in [0.15, 0.2) is 30.7 Å². The Morgan fingerprint density at radius 3 is 2.73 bits per heavy atom. The molecule has 0 fully saturated rings. The van der Waals surface area contributed by atoms with Crippen LogP contribution < -0.4 is 4.90 Å².